The Bertz CT molecular complexity index is 473. The van der Waals surface area contributed by atoms with Gasteiger partial charge >= 0.3 is 0 Å². The number of allylic oxidation sites excluding steroid dienone is 4. The maximum atomic E-state index is 10.8. The molecule has 0 bridgehead atoms. The predicted octanol–water partition coefficient (Wildman–Crippen LogP) is 3.55. The molecule has 0 aliphatic heterocycles. The minimum Gasteiger partial charge on any atom is -0.282 e. The Hall–Kier alpha value is -1.05. The van der Waals surface area contributed by atoms with E-state index in [2.05, 4.69) is 18.8 Å². The van der Waals surface area contributed by atoms with E-state index in [-0.39, 0.29) is 4.91 Å². The summed E-state index contributed by atoms with van der Waals surface area (Å²) < 4.78 is 30.5. The molecule has 0 aromatic carbocycles. The summed E-state index contributed by atoms with van der Waals surface area (Å²) in [6.07, 6.45) is 6.05. The van der Waals surface area contributed by atoms with Crippen molar-refractivity contribution in [2.24, 2.45) is 5.92 Å². The monoisotopic (exact) mass is 270 g/mol. The predicted molar refractivity (Wildman–Crippen MR) is 75.5 cm³/mol. The Morgan fingerprint density at radius 2 is 1.94 bits per heavy atom. The SMILES string of the molecule is CC#CC[C@@H](CCC)/C(C)=C/C=C(\C)S(=O)(=O)O. The average Bonchev–Trinajstić information content (AvgIpc) is 2.29. The van der Waals surface area contributed by atoms with Gasteiger partial charge in [-0.3, -0.25) is 4.55 Å². The summed E-state index contributed by atoms with van der Waals surface area (Å²) in [5.74, 6) is 6.27. The maximum Gasteiger partial charge on any atom is 0.290 e. The van der Waals surface area contributed by atoms with Gasteiger partial charge < -0.3 is 0 Å². The van der Waals surface area contributed by atoms with Crippen LogP contribution in [0.4, 0.5) is 0 Å². The van der Waals surface area contributed by atoms with Crippen LogP contribution < -0.4 is 0 Å². The fourth-order valence-electron chi connectivity index (χ4n) is 1.54. The summed E-state index contributed by atoms with van der Waals surface area (Å²) in [6.45, 7) is 7.26. The Morgan fingerprint density at radius 3 is 2.39 bits per heavy atom. The molecule has 0 radical (unpaired) electrons. The Morgan fingerprint density at radius 1 is 1.33 bits per heavy atom. The summed E-state index contributed by atoms with van der Waals surface area (Å²) in [7, 11) is -4.06. The third-order valence-electron chi connectivity index (χ3n) is 2.79. The van der Waals surface area contributed by atoms with E-state index >= 15 is 0 Å². The van der Waals surface area contributed by atoms with Gasteiger partial charge in [0.25, 0.3) is 10.1 Å². The molecule has 1 N–H and O–H groups in total. The van der Waals surface area contributed by atoms with E-state index in [4.69, 9.17) is 4.55 Å². The van der Waals surface area contributed by atoms with Crippen LogP contribution in [-0.4, -0.2) is 13.0 Å². The minimum absolute atomic E-state index is 0.0429. The van der Waals surface area contributed by atoms with Gasteiger partial charge in [-0.25, -0.2) is 0 Å². The van der Waals surface area contributed by atoms with Crippen LogP contribution in [0.15, 0.2) is 22.6 Å². The molecule has 0 aromatic rings. The van der Waals surface area contributed by atoms with Crippen LogP contribution in [-0.2, 0) is 10.1 Å². The van der Waals surface area contributed by atoms with Gasteiger partial charge in [0.15, 0.2) is 0 Å². The molecule has 102 valence electrons. The van der Waals surface area contributed by atoms with Gasteiger partial charge in [0.05, 0.1) is 4.91 Å². The van der Waals surface area contributed by atoms with Crippen LogP contribution in [0.3, 0.4) is 0 Å². The number of hydrogen-bond donors (Lipinski definition) is 1. The molecule has 0 amide bonds. The van der Waals surface area contributed by atoms with Crippen LogP contribution in [0.25, 0.3) is 0 Å². The first-order chi connectivity index (χ1) is 8.32. The lowest BCUT2D eigenvalue weighted by molar-refractivity contribution is 0.491. The topological polar surface area (TPSA) is 54.4 Å². The summed E-state index contributed by atoms with van der Waals surface area (Å²) in [6, 6.07) is 0. The molecule has 18 heavy (non-hydrogen) atoms. The summed E-state index contributed by atoms with van der Waals surface area (Å²) in [5, 5.41) is 0. The molecular weight excluding hydrogens is 248 g/mol. The first kappa shape index (κ1) is 16.9. The number of hydrogen-bond acceptors (Lipinski definition) is 2. The van der Waals surface area contributed by atoms with Crippen molar-refractivity contribution in [3.05, 3.63) is 22.6 Å². The van der Waals surface area contributed by atoms with E-state index < -0.39 is 10.1 Å². The molecule has 0 saturated carbocycles. The van der Waals surface area contributed by atoms with Crippen LogP contribution in [0.5, 0.6) is 0 Å². The third-order valence-corrected chi connectivity index (χ3v) is 3.74. The van der Waals surface area contributed by atoms with Crippen molar-refractivity contribution in [1.82, 2.24) is 0 Å². The van der Waals surface area contributed by atoms with Crippen LogP contribution in [0.2, 0.25) is 0 Å². The normalized spacial score (nSPS) is 14.9. The summed E-state index contributed by atoms with van der Waals surface area (Å²) >= 11 is 0. The second-order valence-electron chi connectivity index (χ2n) is 4.28. The molecule has 0 unspecified atom stereocenters. The molecule has 0 spiro atoms. The zero-order chi connectivity index (χ0) is 14.2. The molecule has 1 atom stereocenters. The van der Waals surface area contributed by atoms with Gasteiger partial charge in [0.2, 0.25) is 0 Å². The molecular formula is C14H22O3S. The van der Waals surface area contributed by atoms with E-state index in [9.17, 15) is 8.42 Å². The van der Waals surface area contributed by atoms with E-state index in [1.54, 1.807) is 6.08 Å². The molecule has 0 heterocycles. The van der Waals surface area contributed by atoms with Crippen molar-refractivity contribution >= 4 is 10.1 Å². The summed E-state index contributed by atoms with van der Waals surface area (Å²) in [5.41, 5.74) is 1.09. The van der Waals surface area contributed by atoms with Gasteiger partial charge in [-0.15, -0.1) is 11.8 Å². The Balaban J connectivity index is 4.95. The first-order valence-electron chi connectivity index (χ1n) is 6.05. The van der Waals surface area contributed by atoms with Gasteiger partial charge in [-0.1, -0.05) is 25.0 Å². The highest BCUT2D eigenvalue weighted by Crippen LogP contribution is 2.20. The van der Waals surface area contributed by atoms with Gasteiger partial charge in [0, 0.05) is 6.42 Å². The molecule has 0 aliphatic rings. The third kappa shape index (κ3) is 6.63. The van der Waals surface area contributed by atoms with Crippen molar-refractivity contribution in [3.63, 3.8) is 0 Å². The van der Waals surface area contributed by atoms with E-state index in [0.29, 0.717) is 5.92 Å². The minimum atomic E-state index is -4.06. The lowest BCUT2D eigenvalue weighted by atomic mass is 9.92. The van der Waals surface area contributed by atoms with Crippen molar-refractivity contribution < 1.29 is 13.0 Å². The van der Waals surface area contributed by atoms with E-state index in [1.165, 1.54) is 13.0 Å². The molecule has 0 saturated heterocycles. The molecule has 0 aromatic heterocycles. The highest BCUT2D eigenvalue weighted by molar-refractivity contribution is 7.89. The fourth-order valence-corrected chi connectivity index (χ4v) is 1.78. The smallest absolute Gasteiger partial charge is 0.282 e. The van der Waals surface area contributed by atoms with Gasteiger partial charge in [0.1, 0.15) is 0 Å². The fraction of sp³-hybridized carbons (Fsp3) is 0.571. The lowest BCUT2D eigenvalue weighted by Crippen LogP contribution is -2.01. The van der Waals surface area contributed by atoms with Crippen molar-refractivity contribution in [2.75, 3.05) is 0 Å². The Kier molecular flexibility index (Phi) is 7.65. The van der Waals surface area contributed by atoms with Gasteiger partial charge in [-0.05, 0) is 39.2 Å². The van der Waals surface area contributed by atoms with Crippen molar-refractivity contribution in [3.8, 4) is 11.8 Å². The van der Waals surface area contributed by atoms with Gasteiger partial charge in [-0.2, -0.15) is 8.42 Å². The largest absolute Gasteiger partial charge is 0.290 e. The highest BCUT2D eigenvalue weighted by atomic mass is 32.2. The molecule has 0 aliphatic carbocycles. The molecule has 0 rings (SSSR count). The molecule has 4 heteroatoms. The second kappa shape index (κ2) is 8.12. The van der Waals surface area contributed by atoms with E-state index in [0.717, 1.165) is 24.8 Å². The zero-order valence-electron chi connectivity index (χ0n) is 11.5. The van der Waals surface area contributed by atoms with Crippen molar-refractivity contribution in [2.45, 2.75) is 47.0 Å². The van der Waals surface area contributed by atoms with Crippen molar-refractivity contribution in [1.29, 1.82) is 0 Å². The van der Waals surface area contributed by atoms with Crippen LogP contribution >= 0.6 is 0 Å². The highest BCUT2D eigenvalue weighted by Gasteiger charge is 2.09. The first-order valence-corrected chi connectivity index (χ1v) is 7.49. The molecule has 0 fully saturated rings. The average molecular weight is 270 g/mol. The van der Waals surface area contributed by atoms with Crippen LogP contribution in [0, 0.1) is 17.8 Å². The van der Waals surface area contributed by atoms with E-state index in [1.807, 2.05) is 13.8 Å². The zero-order valence-corrected chi connectivity index (χ0v) is 12.3. The summed E-state index contributed by atoms with van der Waals surface area (Å²) in [4.78, 5) is -0.0429. The second-order valence-corrected chi connectivity index (χ2v) is 5.87. The maximum absolute atomic E-state index is 10.8. The Labute approximate surface area is 111 Å². The number of rotatable bonds is 6. The standard InChI is InChI=1S/C14H22O3S/c1-5-7-9-14(8-6-2)12(3)10-11-13(4)18(15,16)17/h10-11,14H,6,8-9H2,1-4H3,(H,15,16,17)/b12-10+,13-11+/t14-/m1/s1. The lowest BCUT2D eigenvalue weighted by Gasteiger charge is -2.13. The van der Waals surface area contributed by atoms with Crippen LogP contribution in [0.1, 0.15) is 47.0 Å². The molecule has 3 nitrogen and oxygen atoms in total. The quantitative estimate of drug-likeness (QED) is 0.456.